The minimum Gasteiger partial charge on any atom is -0.391 e. The Morgan fingerprint density at radius 3 is 2.64 bits per heavy atom. The molecule has 0 aliphatic carbocycles. The molecule has 0 aromatic heterocycles. The number of nitriles is 1. The summed E-state index contributed by atoms with van der Waals surface area (Å²) in [5.74, 6) is -0.518. The van der Waals surface area contributed by atoms with Gasteiger partial charge >= 0.3 is 0 Å². The average molecular weight is 194 g/mol. The summed E-state index contributed by atoms with van der Waals surface area (Å²) in [5.41, 5.74) is 6.24. The Bertz CT molecular complexity index is 371. The summed E-state index contributed by atoms with van der Waals surface area (Å²) in [6.45, 7) is 1.52. The van der Waals surface area contributed by atoms with E-state index in [1.165, 1.54) is 19.1 Å². The molecule has 0 heterocycles. The Hall–Kier alpha value is -1.44. The predicted molar refractivity (Wildman–Crippen MR) is 49.7 cm³/mol. The first kappa shape index (κ1) is 10.6. The summed E-state index contributed by atoms with van der Waals surface area (Å²) in [7, 11) is 0. The molecule has 0 saturated carbocycles. The summed E-state index contributed by atoms with van der Waals surface area (Å²) in [5, 5.41) is 17.8. The number of aliphatic hydroxyl groups excluding tert-OH is 1. The predicted octanol–water partition coefficient (Wildman–Crippen LogP) is 1.08. The van der Waals surface area contributed by atoms with Gasteiger partial charge in [0, 0.05) is 0 Å². The maximum atomic E-state index is 13.0. The van der Waals surface area contributed by atoms with Crippen molar-refractivity contribution in [3.63, 3.8) is 0 Å². The van der Waals surface area contributed by atoms with Gasteiger partial charge in [-0.1, -0.05) is 0 Å². The average Bonchev–Trinajstić information content (AvgIpc) is 2.15. The molecule has 2 atom stereocenters. The molecule has 14 heavy (non-hydrogen) atoms. The highest BCUT2D eigenvalue weighted by Crippen LogP contribution is 2.17. The largest absolute Gasteiger partial charge is 0.391 e. The van der Waals surface area contributed by atoms with E-state index in [1.807, 2.05) is 6.07 Å². The van der Waals surface area contributed by atoms with Gasteiger partial charge in [-0.15, -0.1) is 0 Å². The van der Waals surface area contributed by atoms with E-state index in [9.17, 15) is 9.50 Å². The summed E-state index contributed by atoms with van der Waals surface area (Å²) >= 11 is 0. The molecule has 74 valence electrons. The van der Waals surface area contributed by atoms with Crippen LogP contribution in [0.1, 0.15) is 24.1 Å². The van der Waals surface area contributed by atoms with Gasteiger partial charge in [0.05, 0.1) is 23.8 Å². The lowest BCUT2D eigenvalue weighted by molar-refractivity contribution is 0.164. The quantitative estimate of drug-likeness (QED) is 0.740. The van der Waals surface area contributed by atoms with Gasteiger partial charge in [0.25, 0.3) is 0 Å². The summed E-state index contributed by atoms with van der Waals surface area (Å²) < 4.78 is 13.0. The van der Waals surface area contributed by atoms with Crippen molar-refractivity contribution >= 4 is 0 Å². The van der Waals surface area contributed by atoms with Crippen LogP contribution in [0.4, 0.5) is 4.39 Å². The smallest absolute Gasteiger partial charge is 0.124 e. The molecule has 3 N–H and O–H groups in total. The first-order chi connectivity index (χ1) is 6.54. The van der Waals surface area contributed by atoms with Crippen molar-refractivity contribution in [2.75, 3.05) is 0 Å². The van der Waals surface area contributed by atoms with Crippen LogP contribution >= 0.6 is 0 Å². The van der Waals surface area contributed by atoms with E-state index >= 15 is 0 Å². The van der Waals surface area contributed by atoms with Crippen molar-refractivity contribution < 1.29 is 9.50 Å². The second-order valence-electron chi connectivity index (χ2n) is 3.15. The molecule has 1 aromatic carbocycles. The normalized spacial score (nSPS) is 14.5. The van der Waals surface area contributed by atoms with Gasteiger partial charge in [0.2, 0.25) is 0 Å². The molecule has 0 fully saturated rings. The zero-order valence-corrected chi connectivity index (χ0v) is 7.74. The molecule has 1 rings (SSSR count). The minimum atomic E-state index is -0.775. The highest BCUT2D eigenvalue weighted by atomic mass is 19.1. The zero-order chi connectivity index (χ0) is 10.7. The Morgan fingerprint density at radius 1 is 1.50 bits per heavy atom. The molecule has 0 amide bonds. The number of hydrogen-bond donors (Lipinski definition) is 2. The lowest BCUT2D eigenvalue weighted by Gasteiger charge is -2.15. The Balaban J connectivity index is 3.10. The van der Waals surface area contributed by atoms with Crippen LogP contribution in [0.3, 0.4) is 0 Å². The number of rotatable bonds is 2. The first-order valence-electron chi connectivity index (χ1n) is 4.19. The molecule has 3 nitrogen and oxygen atoms in total. The third-order valence-electron chi connectivity index (χ3n) is 1.95. The number of benzene rings is 1. The summed E-state index contributed by atoms with van der Waals surface area (Å²) in [6.07, 6.45) is -0.775. The van der Waals surface area contributed by atoms with Crippen LogP contribution in [-0.2, 0) is 0 Å². The van der Waals surface area contributed by atoms with Gasteiger partial charge < -0.3 is 10.8 Å². The van der Waals surface area contributed by atoms with Gasteiger partial charge in [-0.3, -0.25) is 0 Å². The van der Waals surface area contributed by atoms with Crippen molar-refractivity contribution in [3.05, 3.63) is 35.1 Å². The van der Waals surface area contributed by atoms with Crippen LogP contribution in [0.5, 0.6) is 0 Å². The minimum absolute atomic E-state index is 0.205. The van der Waals surface area contributed by atoms with E-state index in [0.29, 0.717) is 5.56 Å². The van der Waals surface area contributed by atoms with Gasteiger partial charge in [-0.2, -0.15) is 5.26 Å². The van der Waals surface area contributed by atoms with E-state index in [0.717, 1.165) is 6.07 Å². The van der Waals surface area contributed by atoms with Crippen LogP contribution < -0.4 is 5.73 Å². The highest BCUT2D eigenvalue weighted by molar-refractivity contribution is 5.35. The highest BCUT2D eigenvalue weighted by Gasteiger charge is 2.13. The first-order valence-corrected chi connectivity index (χ1v) is 4.19. The fraction of sp³-hybridized carbons (Fsp3) is 0.300. The molecule has 0 spiro atoms. The van der Waals surface area contributed by atoms with Crippen molar-refractivity contribution in [1.29, 1.82) is 5.26 Å². The number of hydrogen-bond acceptors (Lipinski definition) is 3. The number of nitrogens with two attached hydrogens (primary N) is 1. The van der Waals surface area contributed by atoms with Crippen LogP contribution in [0.2, 0.25) is 0 Å². The Labute approximate surface area is 81.6 Å². The van der Waals surface area contributed by atoms with Gasteiger partial charge in [-0.05, 0) is 30.7 Å². The second-order valence-corrected chi connectivity index (χ2v) is 3.15. The zero-order valence-electron chi connectivity index (χ0n) is 7.74. The molecular weight excluding hydrogens is 183 g/mol. The molecule has 0 aliphatic rings. The molecule has 0 aliphatic heterocycles. The molecule has 4 heteroatoms. The van der Waals surface area contributed by atoms with E-state index < -0.39 is 18.0 Å². The van der Waals surface area contributed by atoms with Crippen LogP contribution in [-0.4, -0.2) is 11.2 Å². The van der Waals surface area contributed by atoms with Crippen molar-refractivity contribution in [2.24, 2.45) is 5.73 Å². The summed E-state index contributed by atoms with van der Waals surface area (Å²) in [6, 6.07) is 4.97. The number of aliphatic hydroxyl groups is 1. The molecule has 0 radical (unpaired) electrons. The van der Waals surface area contributed by atoms with Gasteiger partial charge in [-0.25, -0.2) is 4.39 Å². The van der Waals surface area contributed by atoms with E-state index in [2.05, 4.69) is 0 Å². The van der Waals surface area contributed by atoms with E-state index in [-0.39, 0.29) is 5.56 Å². The Morgan fingerprint density at radius 2 is 2.14 bits per heavy atom. The van der Waals surface area contributed by atoms with Gasteiger partial charge in [0.1, 0.15) is 5.82 Å². The van der Waals surface area contributed by atoms with E-state index in [4.69, 9.17) is 11.0 Å². The summed E-state index contributed by atoms with van der Waals surface area (Å²) in [4.78, 5) is 0. The topological polar surface area (TPSA) is 70.0 Å². The molecule has 0 saturated heterocycles. The fourth-order valence-electron chi connectivity index (χ4n) is 1.15. The lowest BCUT2D eigenvalue weighted by Crippen LogP contribution is -2.23. The number of nitrogens with zero attached hydrogens (tertiary/aromatic N) is 1. The molecule has 1 aromatic rings. The molecular formula is C10H11FN2O. The van der Waals surface area contributed by atoms with Gasteiger partial charge in [0.15, 0.2) is 0 Å². The van der Waals surface area contributed by atoms with E-state index in [1.54, 1.807) is 0 Å². The molecule has 0 unspecified atom stereocenters. The third-order valence-corrected chi connectivity index (χ3v) is 1.95. The van der Waals surface area contributed by atoms with Crippen LogP contribution in [0.15, 0.2) is 18.2 Å². The van der Waals surface area contributed by atoms with Crippen LogP contribution in [0.25, 0.3) is 0 Å². The standard InChI is InChI=1S/C10H11FN2O/c1-6(14)10(13)8-2-7(5-12)3-9(11)4-8/h2-4,6,10,14H,13H2,1H3/t6-,10-/m1/s1. The second kappa shape index (κ2) is 4.18. The Kier molecular flexibility index (Phi) is 3.18. The van der Waals surface area contributed by atoms with Crippen molar-refractivity contribution in [3.8, 4) is 6.07 Å². The number of halogens is 1. The van der Waals surface area contributed by atoms with Crippen molar-refractivity contribution in [1.82, 2.24) is 0 Å². The SMILES string of the molecule is C[C@@H](O)[C@@H](N)c1cc(F)cc(C#N)c1. The maximum Gasteiger partial charge on any atom is 0.124 e. The maximum absolute atomic E-state index is 13.0. The fourth-order valence-corrected chi connectivity index (χ4v) is 1.15. The van der Waals surface area contributed by atoms with Crippen LogP contribution in [0, 0.1) is 17.1 Å². The van der Waals surface area contributed by atoms with Crippen molar-refractivity contribution in [2.45, 2.75) is 19.1 Å². The monoisotopic (exact) mass is 194 g/mol. The third kappa shape index (κ3) is 2.28. The lowest BCUT2D eigenvalue weighted by atomic mass is 10.0. The molecule has 0 bridgehead atoms.